The second kappa shape index (κ2) is 5.87. The van der Waals surface area contributed by atoms with Crippen molar-refractivity contribution < 1.29 is 4.74 Å². The van der Waals surface area contributed by atoms with Crippen LogP contribution in [0.15, 0.2) is 55.1 Å². The maximum atomic E-state index is 5.81. The van der Waals surface area contributed by atoms with Crippen LogP contribution < -0.4 is 16.0 Å². The molecular formula is C16H16N4O. The van der Waals surface area contributed by atoms with Crippen molar-refractivity contribution in [2.45, 2.75) is 6.04 Å². The van der Waals surface area contributed by atoms with Crippen molar-refractivity contribution in [2.24, 2.45) is 5.84 Å². The Morgan fingerprint density at radius 2 is 1.86 bits per heavy atom. The van der Waals surface area contributed by atoms with Gasteiger partial charge in [-0.1, -0.05) is 18.2 Å². The topological polar surface area (TPSA) is 73.1 Å². The molecule has 0 amide bonds. The van der Waals surface area contributed by atoms with E-state index in [4.69, 9.17) is 10.6 Å². The fourth-order valence-electron chi connectivity index (χ4n) is 2.54. The zero-order valence-corrected chi connectivity index (χ0v) is 11.7. The van der Waals surface area contributed by atoms with E-state index in [1.54, 1.807) is 25.7 Å². The molecule has 0 aliphatic carbocycles. The number of aromatic nitrogens is 2. The number of hydrogen-bond donors (Lipinski definition) is 2. The van der Waals surface area contributed by atoms with Crippen LogP contribution in [0.25, 0.3) is 10.8 Å². The third-order valence-corrected chi connectivity index (χ3v) is 3.54. The highest BCUT2D eigenvalue weighted by atomic mass is 16.5. The first-order valence-corrected chi connectivity index (χ1v) is 6.62. The number of nitrogens with zero attached hydrogens (tertiary/aromatic N) is 2. The van der Waals surface area contributed by atoms with Gasteiger partial charge in [-0.05, 0) is 23.1 Å². The molecule has 1 atom stereocenters. The fraction of sp³-hybridized carbons (Fsp3) is 0.125. The molecule has 3 aromatic rings. The van der Waals surface area contributed by atoms with E-state index in [2.05, 4.69) is 21.5 Å². The highest BCUT2D eigenvalue weighted by Gasteiger charge is 2.19. The van der Waals surface area contributed by atoms with Crippen LogP contribution in [0, 0.1) is 0 Å². The molecule has 0 bridgehead atoms. The van der Waals surface area contributed by atoms with Gasteiger partial charge in [-0.15, -0.1) is 0 Å². The lowest BCUT2D eigenvalue weighted by atomic mass is 9.95. The Labute approximate surface area is 122 Å². The van der Waals surface area contributed by atoms with Gasteiger partial charge in [0.2, 0.25) is 0 Å². The van der Waals surface area contributed by atoms with Crippen LogP contribution >= 0.6 is 0 Å². The number of hydrazine groups is 1. The maximum absolute atomic E-state index is 5.81. The first-order chi connectivity index (χ1) is 10.3. The summed E-state index contributed by atoms with van der Waals surface area (Å²) in [5.41, 5.74) is 4.85. The molecule has 0 aliphatic heterocycles. The molecule has 5 nitrogen and oxygen atoms in total. The van der Waals surface area contributed by atoms with Crippen LogP contribution in [-0.4, -0.2) is 17.1 Å². The number of fused-ring (bicyclic) bond motifs is 1. The number of methoxy groups -OCH3 is 1. The van der Waals surface area contributed by atoms with Gasteiger partial charge in [0.1, 0.15) is 5.75 Å². The Hall–Kier alpha value is -2.50. The smallest absolute Gasteiger partial charge is 0.142 e. The van der Waals surface area contributed by atoms with Gasteiger partial charge >= 0.3 is 0 Å². The first-order valence-electron chi connectivity index (χ1n) is 6.62. The fourth-order valence-corrected chi connectivity index (χ4v) is 2.54. The Balaban J connectivity index is 2.19. The van der Waals surface area contributed by atoms with Gasteiger partial charge in [0.15, 0.2) is 0 Å². The van der Waals surface area contributed by atoms with Crippen molar-refractivity contribution >= 4 is 10.8 Å². The molecule has 0 radical (unpaired) electrons. The molecule has 21 heavy (non-hydrogen) atoms. The van der Waals surface area contributed by atoms with Crippen molar-refractivity contribution in [3.63, 3.8) is 0 Å². The monoisotopic (exact) mass is 280 g/mol. The van der Waals surface area contributed by atoms with E-state index in [-0.39, 0.29) is 6.04 Å². The normalized spacial score (nSPS) is 12.3. The van der Waals surface area contributed by atoms with E-state index >= 15 is 0 Å². The predicted octanol–water partition coefficient (Wildman–Crippen LogP) is 2.19. The largest absolute Gasteiger partial charge is 0.495 e. The summed E-state index contributed by atoms with van der Waals surface area (Å²) in [6.45, 7) is 0. The second-order valence-corrected chi connectivity index (χ2v) is 4.66. The number of benzene rings is 1. The summed E-state index contributed by atoms with van der Waals surface area (Å²) < 4.78 is 5.39. The summed E-state index contributed by atoms with van der Waals surface area (Å²) in [6, 6.07) is 9.78. The minimum atomic E-state index is -0.198. The van der Waals surface area contributed by atoms with E-state index in [1.807, 2.05) is 30.5 Å². The molecule has 3 N–H and O–H groups in total. The van der Waals surface area contributed by atoms with Crippen molar-refractivity contribution in [1.82, 2.24) is 15.4 Å². The number of nitrogens with two attached hydrogens (primary N) is 1. The summed E-state index contributed by atoms with van der Waals surface area (Å²) in [5, 5.41) is 2.18. The van der Waals surface area contributed by atoms with E-state index in [0.717, 1.165) is 21.9 Å². The second-order valence-electron chi connectivity index (χ2n) is 4.66. The summed E-state index contributed by atoms with van der Waals surface area (Å²) in [7, 11) is 1.62. The zero-order valence-electron chi connectivity index (χ0n) is 11.7. The Morgan fingerprint density at radius 1 is 1.05 bits per heavy atom. The molecule has 2 heterocycles. The Kier molecular flexibility index (Phi) is 3.77. The number of ether oxygens (including phenoxy) is 1. The third-order valence-electron chi connectivity index (χ3n) is 3.54. The van der Waals surface area contributed by atoms with Crippen LogP contribution in [0.5, 0.6) is 5.75 Å². The van der Waals surface area contributed by atoms with Gasteiger partial charge in [-0.25, -0.2) is 5.43 Å². The summed E-state index contributed by atoms with van der Waals surface area (Å²) in [4.78, 5) is 8.30. The molecule has 106 valence electrons. The van der Waals surface area contributed by atoms with Gasteiger partial charge in [-0.2, -0.15) is 0 Å². The molecule has 0 aliphatic rings. The Morgan fingerprint density at radius 3 is 2.67 bits per heavy atom. The summed E-state index contributed by atoms with van der Waals surface area (Å²) in [6.07, 6.45) is 7.04. The minimum absolute atomic E-state index is 0.198. The SMILES string of the molecule is COc1cnccc1C(NN)c1cccc2ccncc12. The van der Waals surface area contributed by atoms with E-state index in [9.17, 15) is 0 Å². The zero-order chi connectivity index (χ0) is 14.7. The predicted molar refractivity (Wildman–Crippen MR) is 81.7 cm³/mol. The highest BCUT2D eigenvalue weighted by Crippen LogP contribution is 2.32. The van der Waals surface area contributed by atoms with Crippen LogP contribution in [0.2, 0.25) is 0 Å². The molecule has 2 aromatic heterocycles. The van der Waals surface area contributed by atoms with Gasteiger partial charge in [0, 0.05) is 29.5 Å². The molecule has 0 spiro atoms. The third kappa shape index (κ3) is 2.44. The average Bonchev–Trinajstić information content (AvgIpc) is 2.56. The molecule has 0 saturated heterocycles. The van der Waals surface area contributed by atoms with E-state index < -0.39 is 0 Å². The van der Waals surface area contributed by atoms with E-state index in [1.165, 1.54) is 0 Å². The quantitative estimate of drug-likeness (QED) is 0.566. The lowest BCUT2D eigenvalue weighted by Crippen LogP contribution is -2.29. The van der Waals surface area contributed by atoms with Crippen molar-refractivity contribution in [1.29, 1.82) is 0 Å². The summed E-state index contributed by atoms with van der Waals surface area (Å²) >= 11 is 0. The van der Waals surface area contributed by atoms with Gasteiger partial charge < -0.3 is 4.74 Å². The van der Waals surface area contributed by atoms with Crippen molar-refractivity contribution in [3.8, 4) is 5.75 Å². The highest BCUT2D eigenvalue weighted by molar-refractivity contribution is 5.85. The molecule has 1 aromatic carbocycles. The maximum Gasteiger partial charge on any atom is 0.142 e. The molecular weight excluding hydrogens is 264 g/mol. The van der Waals surface area contributed by atoms with Crippen LogP contribution in [0.4, 0.5) is 0 Å². The van der Waals surface area contributed by atoms with Crippen LogP contribution in [0.1, 0.15) is 17.2 Å². The molecule has 0 saturated carbocycles. The molecule has 3 rings (SSSR count). The van der Waals surface area contributed by atoms with E-state index in [0.29, 0.717) is 5.75 Å². The first kappa shape index (κ1) is 13.5. The average molecular weight is 280 g/mol. The van der Waals surface area contributed by atoms with Crippen LogP contribution in [0.3, 0.4) is 0 Å². The van der Waals surface area contributed by atoms with Crippen molar-refractivity contribution in [3.05, 3.63) is 66.2 Å². The van der Waals surface area contributed by atoms with Gasteiger partial charge in [0.25, 0.3) is 0 Å². The minimum Gasteiger partial charge on any atom is -0.495 e. The van der Waals surface area contributed by atoms with Crippen LogP contribution in [-0.2, 0) is 0 Å². The standard InChI is InChI=1S/C16H16N4O/c1-21-15-10-19-8-6-13(15)16(20-17)12-4-2-3-11-5-7-18-9-14(11)12/h2-10,16,20H,17H2,1H3. The van der Waals surface area contributed by atoms with Crippen molar-refractivity contribution in [2.75, 3.05) is 7.11 Å². The lowest BCUT2D eigenvalue weighted by Gasteiger charge is -2.20. The number of hydrogen-bond acceptors (Lipinski definition) is 5. The molecule has 1 unspecified atom stereocenters. The van der Waals surface area contributed by atoms with Gasteiger partial charge in [0.05, 0.1) is 19.3 Å². The number of rotatable bonds is 4. The lowest BCUT2D eigenvalue weighted by molar-refractivity contribution is 0.402. The Bertz CT molecular complexity index is 755. The van der Waals surface area contributed by atoms with Gasteiger partial charge in [-0.3, -0.25) is 15.8 Å². The number of pyridine rings is 2. The summed E-state index contributed by atoms with van der Waals surface area (Å²) in [5.74, 6) is 6.50. The molecule has 0 fully saturated rings. The number of nitrogens with one attached hydrogen (secondary N) is 1. The molecule has 5 heteroatoms.